The molecule has 3 N–H and O–H groups in total. The van der Waals surface area contributed by atoms with E-state index in [0.717, 1.165) is 23.4 Å². The van der Waals surface area contributed by atoms with E-state index in [1.165, 1.54) is 0 Å². The van der Waals surface area contributed by atoms with Gasteiger partial charge in [-0.2, -0.15) is 0 Å². The molecule has 0 unspecified atom stereocenters. The summed E-state index contributed by atoms with van der Waals surface area (Å²) in [5.74, 6) is 0. The zero-order valence-corrected chi connectivity index (χ0v) is 17.5. The summed E-state index contributed by atoms with van der Waals surface area (Å²) in [5.41, 5.74) is 8.84. The van der Waals surface area contributed by atoms with Gasteiger partial charge >= 0.3 is 0 Å². The first-order valence-electron chi connectivity index (χ1n) is 10.3. The van der Waals surface area contributed by atoms with E-state index in [1.54, 1.807) is 24.3 Å². The molecule has 164 valence electrons. The largest absolute Gasteiger partial charge is 0.463 e. The van der Waals surface area contributed by atoms with E-state index in [9.17, 15) is 9.59 Å². The van der Waals surface area contributed by atoms with Gasteiger partial charge in [0.15, 0.2) is 2.74 Å². The number of benzene rings is 2. The van der Waals surface area contributed by atoms with Gasteiger partial charge in [0, 0.05) is 17.9 Å². The summed E-state index contributed by atoms with van der Waals surface area (Å²) in [4.78, 5) is 20.3. The van der Waals surface area contributed by atoms with E-state index < -0.39 is 12.9 Å². The van der Waals surface area contributed by atoms with Gasteiger partial charge < -0.3 is 20.5 Å². The number of hydrogen-bond acceptors (Lipinski definition) is 6. The summed E-state index contributed by atoms with van der Waals surface area (Å²) < 4.78 is 22.0. The zero-order chi connectivity index (χ0) is 23.4. The number of rotatable bonds is 6. The number of nitrogens with two attached hydrogens (primary N) is 1. The highest BCUT2D eigenvalue weighted by Crippen LogP contribution is 2.09. The van der Waals surface area contributed by atoms with Crippen LogP contribution < -0.4 is 11.1 Å². The molecule has 0 spiro atoms. The molecule has 6 heteroatoms. The van der Waals surface area contributed by atoms with Gasteiger partial charge in [0.05, 0.1) is 0 Å². The predicted octanol–water partition coefficient (Wildman–Crippen LogP) is 5.42. The Balaban J connectivity index is -0.000000427. The molecule has 2 aromatic carbocycles. The minimum Gasteiger partial charge on any atom is -0.463 e. The van der Waals surface area contributed by atoms with Crippen LogP contribution in [0, 0.1) is 0 Å². The molecule has 29 heavy (non-hydrogen) atoms. The monoisotopic (exact) mass is 408 g/mol. The molecular formula is C23H38N2O4. The number of hydrogen-bond donors (Lipinski definition) is 2. The molecule has 0 heterocycles. The summed E-state index contributed by atoms with van der Waals surface area (Å²) in [6.07, 6.45) is -2.02. The Morgan fingerprint density at radius 2 is 1.24 bits per heavy atom. The van der Waals surface area contributed by atoms with Crippen molar-refractivity contribution < 1.29 is 21.8 Å². The van der Waals surface area contributed by atoms with Crippen LogP contribution in [0.1, 0.15) is 55.9 Å². The maximum atomic E-state index is 10.2. The Hall–Kier alpha value is -3.02. The minimum atomic E-state index is -1.02. The molecule has 0 aromatic heterocycles. The van der Waals surface area contributed by atoms with Gasteiger partial charge in [0.1, 0.15) is 13.2 Å². The first kappa shape index (κ1) is 26.0. The third-order valence-corrected chi connectivity index (χ3v) is 2.91. The molecular weight excluding hydrogens is 368 g/mol. The van der Waals surface area contributed by atoms with Gasteiger partial charge in [-0.1, -0.05) is 59.4 Å². The second-order valence-electron chi connectivity index (χ2n) is 4.71. The third kappa shape index (κ3) is 16.8. The lowest BCUT2D eigenvalue weighted by molar-refractivity contribution is -0.130. The Labute approximate surface area is 179 Å². The van der Waals surface area contributed by atoms with Crippen molar-refractivity contribution in [1.29, 1.82) is 0 Å². The average molecular weight is 409 g/mol. The van der Waals surface area contributed by atoms with Crippen molar-refractivity contribution in [3.05, 3.63) is 59.7 Å². The fourth-order valence-corrected chi connectivity index (χ4v) is 1.76. The molecule has 0 saturated carbocycles. The minimum absolute atomic E-state index is 0. The van der Waals surface area contributed by atoms with E-state index >= 15 is 0 Å². The lowest BCUT2D eigenvalue weighted by atomic mass is 10.2. The molecule has 2 aromatic rings. The molecule has 6 nitrogen and oxygen atoms in total. The third-order valence-electron chi connectivity index (χ3n) is 2.91. The summed E-state index contributed by atoms with van der Waals surface area (Å²) in [5, 5.41) is 3.15. The van der Waals surface area contributed by atoms with Crippen molar-refractivity contribution >= 4 is 24.3 Å². The second-order valence-corrected chi connectivity index (χ2v) is 4.71. The van der Waals surface area contributed by atoms with Crippen molar-refractivity contribution in [2.24, 2.45) is 0 Å². The quantitative estimate of drug-likeness (QED) is 0.490. The zero-order valence-electron chi connectivity index (χ0n) is 19.5. The van der Waals surface area contributed by atoms with Gasteiger partial charge in [-0.15, -0.1) is 0 Å². The number of nitrogen functional groups attached to an aromatic ring is 1. The second kappa shape index (κ2) is 23.0. The smallest absolute Gasteiger partial charge is 0.293 e. The highest BCUT2D eigenvalue weighted by atomic mass is 16.5. The van der Waals surface area contributed by atoms with Crippen molar-refractivity contribution in [2.75, 3.05) is 17.6 Å². The summed E-state index contributed by atoms with van der Waals surface area (Å²) in [7, 11) is 0. The van der Waals surface area contributed by atoms with Gasteiger partial charge in [0.25, 0.3) is 12.9 Å². The maximum Gasteiger partial charge on any atom is 0.293 e. The molecule has 0 atom stereocenters. The summed E-state index contributed by atoms with van der Waals surface area (Å²) >= 11 is 0. The van der Waals surface area contributed by atoms with Crippen molar-refractivity contribution in [2.45, 2.75) is 55.3 Å². The van der Waals surface area contributed by atoms with Gasteiger partial charge in [-0.25, -0.2) is 0 Å². The predicted molar refractivity (Wildman–Crippen MR) is 123 cm³/mol. The van der Waals surface area contributed by atoms with Crippen LogP contribution in [-0.4, -0.2) is 19.4 Å². The SMILES string of the molecule is C.CC.CC.[2H]C(=O)OCc1ccc(N)cc1.[2H]C(=O)OCc1ccc(NCC)cc1. The molecule has 0 aliphatic carbocycles. The maximum absolute atomic E-state index is 10.2. The fraction of sp³-hybridized carbons (Fsp3) is 0.391. The Kier molecular flexibility index (Phi) is 20.6. The van der Waals surface area contributed by atoms with Crippen LogP contribution in [0.15, 0.2) is 48.5 Å². The standard InChI is InChI=1S/C10H13NO2.C8H9NO2.2C2H6.CH4/c1-2-11-10-5-3-9(4-6-10)7-13-8-12;9-8-3-1-7(2-4-8)5-11-6-10;2*1-2;/h3-6,8,11H,2,7H2,1H3;1-4,6H,5,9H2;2*1-2H3;1H4/i8D;6D;;;. The first-order chi connectivity index (χ1) is 14.4. The highest BCUT2D eigenvalue weighted by Gasteiger charge is 1.93. The lowest BCUT2D eigenvalue weighted by Gasteiger charge is -2.03. The molecule has 0 amide bonds. The Morgan fingerprint density at radius 3 is 1.59 bits per heavy atom. The van der Waals surface area contributed by atoms with Crippen LogP contribution in [0.3, 0.4) is 0 Å². The van der Waals surface area contributed by atoms with E-state index in [1.807, 2.05) is 58.9 Å². The van der Waals surface area contributed by atoms with Crippen molar-refractivity contribution in [3.8, 4) is 0 Å². The topological polar surface area (TPSA) is 90.7 Å². The fourth-order valence-electron chi connectivity index (χ4n) is 1.76. The van der Waals surface area contributed by atoms with E-state index in [0.29, 0.717) is 5.69 Å². The number of carbonyl (C=O) groups excluding carboxylic acids is 2. The molecule has 0 aliphatic heterocycles. The number of anilines is 2. The van der Waals surface area contributed by atoms with Gasteiger partial charge in [-0.3, -0.25) is 9.59 Å². The van der Waals surface area contributed by atoms with E-state index in [4.69, 9.17) is 8.48 Å². The lowest BCUT2D eigenvalue weighted by Crippen LogP contribution is -1.96. The Bertz CT molecular complexity index is 694. The van der Waals surface area contributed by atoms with Crippen LogP contribution in [0.4, 0.5) is 11.4 Å². The van der Waals surface area contributed by atoms with Crippen LogP contribution in [-0.2, 0) is 32.3 Å². The van der Waals surface area contributed by atoms with Crippen LogP contribution >= 0.6 is 0 Å². The molecule has 0 radical (unpaired) electrons. The van der Waals surface area contributed by atoms with Crippen molar-refractivity contribution in [3.63, 3.8) is 0 Å². The number of nitrogens with one attached hydrogen (secondary N) is 1. The van der Waals surface area contributed by atoms with Gasteiger partial charge in [0.2, 0.25) is 0 Å². The molecule has 0 saturated heterocycles. The van der Waals surface area contributed by atoms with Gasteiger partial charge in [-0.05, 0) is 42.3 Å². The average Bonchev–Trinajstić information content (AvgIpc) is 2.76. The van der Waals surface area contributed by atoms with Crippen LogP contribution in [0.5, 0.6) is 0 Å². The summed E-state index contributed by atoms with van der Waals surface area (Å²) in [6.45, 7) is 11.2. The number of carbonyl (C=O) groups is 2. The van der Waals surface area contributed by atoms with Crippen LogP contribution in [0.25, 0.3) is 0 Å². The Morgan fingerprint density at radius 1 is 0.862 bits per heavy atom. The van der Waals surface area contributed by atoms with E-state index in [-0.39, 0.29) is 20.6 Å². The molecule has 0 aliphatic rings. The highest BCUT2D eigenvalue weighted by molar-refractivity contribution is 5.45. The first-order valence-corrected chi connectivity index (χ1v) is 9.34. The summed E-state index contributed by atoms with van der Waals surface area (Å²) in [6, 6.07) is 14.5. The van der Waals surface area contributed by atoms with E-state index in [2.05, 4.69) is 14.8 Å². The normalized spacial score (nSPS) is 9.00. The molecule has 2 rings (SSSR count). The molecule has 0 bridgehead atoms. The van der Waals surface area contributed by atoms with Crippen LogP contribution in [0.2, 0.25) is 0 Å². The molecule has 0 fully saturated rings. The number of ether oxygens (including phenoxy) is 2. The van der Waals surface area contributed by atoms with Crippen molar-refractivity contribution in [1.82, 2.24) is 0 Å².